The van der Waals surface area contributed by atoms with Gasteiger partial charge in [-0.15, -0.1) is 0 Å². The number of H-pyrrole nitrogens is 1. The first kappa shape index (κ1) is 25.6. The summed E-state index contributed by atoms with van der Waals surface area (Å²) in [7, 11) is 1.52. The van der Waals surface area contributed by atoms with Gasteiger partial charge in [0.25, 0.3) is 5.56 Å². The van der Waals surface area contributed by atoms with E-state index in [1.807, 2.05) is 25.1 Å². The molecule has 0 radical (unpaired) electrons. The second kappa shape index (κ2) is 10.5. The lowest BCUT2D eigenvalue weighted by atomic mass is 10.1. The number of para-hydroxylation sites is 1. The van der Waals surface area contributed by atoms with Gasteiger partial charge in [0.2, 0.25) is 0 Å². The van der Waals surface area contributed by atoms with E-state index >= 15 is 0 Å². The number of rotatable bonds is 7. The van der Waals surface area contributed by atoms with Crippen LogP contribution < -0.4 is 20.9 Å². The van der Waals surface area contributed by atoms with Crippen molar-refractivity contribution in [3.05, 3.63) is 98.8 Å². The first-order chi connectivity index (χ1) is 19.4. The summed E-state index contributed by atoms with van der Waals surface area (Å²) in [5.74, 6) is 1.61. The number of halogens is 1. The SMILES string of the molecule is COc1cc(Cc2nc3c(c(C4CC4)nn3-c3c(C)cccc3Cl)c(=O)[nH]2)ccc1NC(=O)Nc1ccccn1. The third-order valence-corrected chi connectivity index (χ3v) is 7.08. The highest BCUT2D eigenvalue weighted by atomic mass is 35.5. The standard InChI is InChI=1S/C29H26ClN7O3/c1-16-6-5-7-19(30)26(16)37-27-24(25(36-37)18-10-11-18)28(38)34-23(33-27)15-17-9-12-20(21(14-17)40-2)32-29(39)35-22-8-3-4-13-31-22/h3-9,12-14,18H,10-11,15H2,1-2H3,(H,33,34,38)(H2,31,32,35,39). The van der Waals surface area contributed by atoms with E-state index in [1.165, 1.54) is 7.11 Å². The number of pyridine rings is 1. The lowest BCUT2D eigenvalue weighted by molar-refractivity contribution is 0.262. The van der Waals surface area contributed by atoms with E-state index in [1.54, 1.807) is 47.3 Å². The molecule has 0 saturated heterocycles. The molecule has 1 fully saturated rings. The maximum Gasteiger partial charge on any atom is 0.324 e. The van der Waals surface area contributed by atoms with E-state index in [0.29, 0.717) is 51.2 Å². The van der Waals surface area contributed by atoms with E-state index in [9.17, 15) is 9.59 Å². The number of anilines is 2. The molecule has 3 aromatic heterocycles. The zero-order valence-corrected chi connectivity index (χ0v) is 22.6. The van der Waals surface area contributed by atoms with Crippen LogP contribution in [0.25, 0.3) is 16.7 Å². The van der Waals surface area contributed by atoms with Gasteiger partial charge in [0.15, 0.2) is 5.65 Å². The van der Waals surface area contributed by atoms with E-state index in [4.69, 9.17) is 26.4 Å². The molecule has 10 nitrogen and oxygen atoms in total. The predicted octanol–water partition coefficient (Wildman–Crippen LogP) is 5.59. The Morgan fingerprint density at radius 3 is 2.73 bits per heavy atom. The van der Waals surface area contributed by atoms with Gasteiger partial charge in [-0.3, -0.25) is 10.1 Å². The zero-order chi connectivity index (χ0) is 27.8. The lowest BCUT2D eigenvalue weighted by Crippen LogP contribution is -2.20. The number of nitrogens with zero attached hydrogens (tertiary/aromatic N) is 4. The number of amides is 2. The van der Waals surface area contributed by atoms with Gasteiger partial charge >= 0.3 is 6.03 Å². The molecule has 0 atom stereocenters. The fourth-order valence-electron chi connectivity index (χ4n) is 4.72. The number of fused-ring (bicyclic) bond motifs is 1. The van der Waals surface area contributed by atoms with E-state index in [0.717, 1.165) is 29.7 Å². The molecule has 1 aliphatic rings. The second-order valence-corrected chi connectivity index (χ2v) is 10.1. The number of carbonyl (C=O) groups excluding carboxylic acids is 1. The number of aromatic nitrogens is 5. The Balaban J connectivity index is 1.32. The van der Waals surface area contributed by atoms with E-state index in [2.05, 4.69) is 20.6 Å². The molecular weight excluding hydrogens is 530 g/mol. The zero-order valence-electron chi connectivity index (χ0n) is 21.9. The number of hydrogen-bond acceptors (Lipinski definition) is 6. The van der Waals surface area contributed by atoms with Crippen LogP contribution in [-0.2, 0) is 6.42 Å². The van der Waals surface area contributed by atoms with Crippen molar-refractivity contribution in [3.8, 4) is 11.4 Å². The van der Waals surface area contributed by atoms with Gasteiger partial charge in [0.05, 0.1) is 29.2 Å². The molecule has 2 amide bonds. The molecule has 3 N–H and O–H groups in total. The van der Waals surface area contributed by atoms with Crippen LogP contribution in [0.5, 0.6) is 5.75 Å². The normalized spacial score (nSPS) is 12.9. The van der Waals surface area contributed by atoms with Crippen molar-refractivity contribution in [2.75, 3.05) is 17.7 Å². The molecule has 0 spiro atoms. The van der Waals surface area contributed by atoms with Gasteiger partial charge in [-0.05, 0) is 61.2 Å². The molecule has 0 unspecified atom stereocenters. The van der Waals surface area contributed by atoms with Gasteiger partial charge in [-0.1, -0.05) is 35.9 Å². The van der Waals surface area contributed by atoms with Crippen molar-refractivity contribution in [2.24, 2.45) is 0 Å². The Labute approximate surface area is 234 Å². The summed E-state index contributed by atoms with van der Waals surface area (Å²) in [5.41, 5.74) is 3.97. The molecule has 1 aliphatic carbocycles. The van der Waals surface area contributed by atoms with Crippen LogP contribution >= 0.6 is 11.6 Å². The fraction of sp³-hybridized carbons (Fsp3) is 0.207. The number of hydrogen-bond donors (Lipinski definition) is 3. The summed E-state index contributed by atoms with van der Waals surface area (Å²) in [6.07, 6.45) is 3.91. The highest BCUT2D eigenvalue weighted by Crippen LogP contribution is 2.42. The molecule has 0 bridgehead atoms. The average molecular weight is 556 g/mol. The molecule has 0 aliphatic heterocycles. The number of methoxy groups -OCH3 is 1. The summed E-state index contributed by atoms with van der Waals surface area (Å²) in [4.78, 5) is 37.7. The predicted molar refractivity (Wildman–Crippen MR) is 154 cm³/mol. The number of aryl methyl sites for hydroxylation is 1. The van der Waals surface area contributed by atoms with Gasteiger partial charge < -0.3 is 15.0 Å². The molecule has 5 aromatic rings. The highest BCUT2D eigenvalue weighted by molar-refractivity contribution is 6.32. The molecule has 40 heavy (non-hydrogen) atoms. The number of carbonyl (C=O) groups is 1. The van der Waals surface area contributed by atoms with Crippen molar-refractivity contribution in [2.45, 2.75) is 32.1 Å². The molecule has 1 saturated carbocycles. The third kappa shape index (κ3) is 5.01. The third-order valence-electron chi connectivity index (χ3n) is 6.77. The fourth-order valence-corrected chi connectivity index (χ4v) is 5.02. The molecule has 2 aromatic carbocycles. The van der Waals surface area contributed by atoms with Crippen molar-refractivity contribution < 1.29 is 9.53 Å². The summed E-state index contributed by atoms with van der Waals surface area (Å²) in [5, 5.41) is 11.3. The maximum absolute atomic E-state index is 13.3. The molecule has 11 heteroatoms. The Hall–Kier alpha value is -4.70. The van der Waals surface area contributed by atoms with Gasteiger partial charge in [0.1, 0.15) is 22.8 Å². The summed E-state index contributed by atoms with van der Waals surface area (Å²) in [6.45, 7) is 1.96. The van der Waals surface area contributed by atoms with Crippen molar-refractivity contribution in [3.63, 3.8) is 0 Å². The second-order valence-electron chi connectivity index (χ2n) is 9.69. The van der Waals surface area contributed by atoms with Crippen molar-refractivity contribution in [1.29, 1.82) is 0 Å². The van der Waals surface area contributed by atoms with Crippen LogP contribution in [0, 0.1) is 6.92 Å². The number of urea groups is 1. The summed E-state index contributed by atoms with van der Waals surface area (Å²) >= 11 is 6.58. The minimum atomic E-state index is -0.448. The number of benzene rings is 2. The molecular formula is C29H26ClN7O3. The van der Waals surface area contributed by atoms with Gasteiger partial charge in [0, 0.05) is 18.5 Å². The number of aromatic amines is 1. The molecule has 202 valence electrons. The quantitative estimate of drug-likeness (QED) is 0.240. The van der Waals surface area contributed by atoms with Gasteiger partial charge in [-0.25, -0.2) is 19.4 Å². The Morgan fingerprint density at radius 1 is 1.15 bits per heavy atom. The Morgan fingerprint density at radius 2 is 2.00 bits per heavy atom. The van der Waals surface area contributed by atoms with Crippen molar-refractivity contribution >= 4 is 40.2 Å². The first-order valence-electron chi connectivity index (χ1n) is 12.8. The van der Waals surface area contributed by atoms with Crippen molar-refractivity contribution in [1.82, 2.24) is 24.7 Å². The summed E-state index contributed by atoms with van der Waals surface area (Å²) in [6, 6.07) is 15.8. The summed E-state index contributed by atoms with van der Waals surface area (Å²) < 4.78 is 7.23. The highest BCUT2D eigenvalue weighted by Gasteiger charge is 2.32. The van der Waals surface area contributed by atoms with E-state index in [-0.39, 0.29) is 11.5 Å². The van der Waals surface area contributed by atoms with E-state index < -0.39 is 6.03 Å². The topological polar surface area (TPSA) is 127 Å². The monoisotopic (exact) mass is 555 g/mol. The van der Waals surface area contributed by atoms with Crippen LogP contribution in [0.2, 0.25) is 5.02 Å². The average Bonchev–Trinajstić information content (AvgIpc) is 3.71. The Kier molecular flexibility index (Phi) is 6.69. The van der Waals surface area contributed by atoms with Crippen LogP contribution in [0.3, 0.4) is 0 Å². The molecule has 6 rings (SSSR count). The largest absolute Gasteiger partial charge is 0.495 e. The van der Waals surface area contributed by atoms with Gasteiger partial charge in [-0.2, -0.15) is 5.10 Å². The van der Waals surface area contributed by atoms with Crippen LogP contribution in [0.15, 0.2) is 65.6 Å². The number of nitrogens with one attached hydrogen (secondary N) is 3. The minimum absolute atomic E-state index is 0.227. The molecule has 3 heterocycles. The smallest absolute Gasteiger partial charge is 0.324 e. The first-order valence-corrected chi connectivity index (χ1v) is 13.2. The lowest BCUT2D eigenvalue weighted by Gasteiger charge is -2.13. The van der Waals surface area contributed by atoms with Crippen LogP contribution in [0.4, 0.5) is 16.3 Å². The Bertz CT molecular complexity index is 1780. The minimum Gasteiger partial charge on any atom is -0.495 e. The van der Waals surface area contributed by atoms with Crippen LogP contribution in [-0.4, -0.2) is 37.9 Å². The number of ether oxygens (including phenoxy) is 1. The van der Waals surface area contributed by atoms with Crippen LogP contribution in [0.1, 0.15) is 41.4 Å². The maximum atomic E-state index is 13.3.